The van der Waals surface area contributed by atoms with E-state index in [1.54, 1.807) is 31.2 Å². The van der Waals surface area contributed by atoms with Gasteiger partial charge in [0.1, 0.15) is 0 Å². The van der Waals surface area contributed by atoms with Crippen LogP contribution < -0.4 is 4.31 Å². The Kier molecular flexibility index (Phi) is 7.27. The molecule has 39 heavy (non-hydrogen) atoms. The average molecular weight is 565 g/mol. The van der Waals surface area contributed by atoms with Gasteiger partial charge in [-0.3, -0.25) is 9.10 Å². The first-order chi connectivity index (χ1) is 18.6. The first kappa shape index (κ1) is 27.0. The average Bonchev–Trinajstić information content (AvgIpc) is 3.66. The molecule has 1 heterocycles. The van der Waals surface area contributed by atoms with Crippen LogP contribution in [0.1, 0.15) is 36.6 Å². The molecular formula is C30H29ClN2O5S. The lowest BCUT2D eigenvalue weighted by Crippen LogP contribution is -2.29. The van der Waals surface area contributed by atoms with E-state index >= 15 is 0 Å². The molecule has 1 aromatic heterocycles. The summed E-state index contributed by atoms with van der Waals surface area (Å²) < 4.78 is 37.6. The van der Waals surface area contributed by atoms with Gasteiger partial charge < -0.3 is 9.26 Å². The second-order valence-corrected chi connectivity index (χ2v) is 12.1. The highest BCUT2D eigenvalue weighted by atomic mass is 35.5. The number of carbonyl (C=O) groups is 1. The lowest BCUT2D eigenvalue weighted by Gasteiger charge is -2.23. The summed E-state index contributed by atoms with van der Waals surface area (Å²) in [5.74, 6) is 0.351. The Morgan fingerprint density at radius 1 is 1.00 bits per heavy atom. The van der Waals surface area contributed by atoms with Crippen molar-refractivity contribution in [2.75, 3.05) is 17.2 Å². The minimum Gasteiger partial charge on any atom is -0.465 e. The Balaban J connectivity index is 1.40. The highest BCUT2D eigenvalue weighted by Crippen LogP contribution is 2.49. The van der Waals surface area contributed by atoms with Gasteiger partial charge in [0.05, 0.1) is 41.2 Å². The lowest BCUT2D eigenvalue weighted by molar-refractivity contribution is -0.146. The minimum absolute atomic E-state index is 0.0265. The van der Waals surface area contributed by atoms with Crippen LogP contribution in [0.4, 0.5) is 5.69 Å². The molecule has 0 radical (unpaired) electrons. The highest BCUT2D eigenvalue weighted by molar-refractivity contribution is 7.92. The fourth-order valence-corrected chi connectivity index (χ4v) is 5.95. The zero-order chi connectivity index (χ0) is 27.8. The van der Waals surface area contributed by atoms with Gasteiger partial charge in [0.25, 0.3) is 0 Å². The largest absolute Gasteiger partial charge is 0.465 e. The van der Waals surface area contributed by atoms with Crippen LogP contribution in [0.2, 0.25) is 5.02 Å². The molecule has 0 bridgehead atoms. The number of sulfonamides is 1. The third-order valence-corrected chi connectivity index (χ3v) is 8.59. The Morgan fingerprint density at radius 2 is 1.59 bits per heavy atom. The molecule has 5 rings (SSSR count). The van der Waals surface area contributed by atoms with E-state index in [0.29, 0.717) is 34.3 Å². The summed E-state index contributed by atoms with van der Waals surface area (Å²) in [6.45, 7) is 4.01. The molecule has 3 aromatic carbocycles. The van der Waals surface area contributed by atoms with Crippen molar-refractivity contribution in [1.82, 2.24) is 5.16 Å². The fraction of sp³-hybridized carbons (Fsp3) is 0.267. The van der Waals surface area contributed by atoms with Crippen LogP contribution in [-0.4, -0.2) is 32.4 Å². The molecule has 4 aromatic rings. The van der Waals surface area contributed by atoms with E-state index in [0.717, 1.165) is 41.4 Å². The van der Waals surface area contributed by atoms with Crippen LogP contribution in [0, 0.1) is 6.92 Å². The zero-order valence-electron chi connectivity index (χ0n) is 22.0. The van der Waals surface area contributed by atoms with Crippen LogP contribution >= 0.6 is 11.6 Å². The van der Waals surface area contributed by atoms with E-state index in [4.69, 9.17) is 20.9 Å². The molecule has 0 amide bonds. The highest BCUT2D eigenvalue weighted by Gasteiger charge is 2.52. The van der Waals surface area contributed by atoms with Gasteiger partial charge in [-0.1, -0.05) is 77.4 Å². The summed E-state index contributed by atoms with van der Waals surface area (Å²) in [5, 5.41) is 4.46. The Bertz CT molecular complexity index is 1610. The number of esters is 1. The SMILES string of the molecule is CCOC(=O)C1(c2ccc(-c3ccc(-c4onc(C)c4CN(c4ccccc4Cl)S(C)(=O)=O)cc3)cc2)CC1. The molecule has 1 aliphatic carbocycles. The Hall–Kier alpha value is -3.62. The molecular weight excluding hydrogens is 536 g/mol. The summed E-state index contributed by atoms with van der Waals surface area (Å²) in [5.41, 5.74) is 4.92. The summed E-state index contributed by atoms with van der Waals surface area (Å²) in [6, 6.07) is 22.7. The number of ether oxygens (including phenoxy) is 1. The molecule has 1 fully saturated rings. The quantitative estimate of drug-likeness (QED) is 0.215. The number of halogens is 1. The van der Waals surface area contributed by atoms with E-state index in [1.165, 1.54) is 4.31 Å². The summed E-state index contributed by atoms with van der Waals surface area (Å²) in [4.78, 5) is 12.4. The number of benzene rings is 3. The maximum absolute atomic E-state index is 12.7. The Labute approximate surface area is 233 Å². The maximum atomic E-state index is 12.7. The van der Waals surface area contributed by atoms with Gasteiger partial charge in [-0.2, -0.15) is 0 Å². The molecule has 0 unspecified atom stereocenters. The minimum atomic E-state index is -3.64. The van der Waals surface area contributed by atoms with Crippen LogP contribution in [0.3, 0.4) is 0 Å². The number of aryl methyl sites for hydroxylation is 1. The number of carbonyl (C=O) groups excluding carboxylic acids is 1. The number of para-hydroxylation sites is 1. The molecule has 0 N–H and O–H groups in total. The van der Waals surface area contributed by atoms with Gasteiger partial charge in [-0.25, -0.2) is 8.42 Å². The van der Waals surface area contributed by atoms with Crippen molar-refractivity contribution < 1.29 is 22.5 Å². The van der Waals surface area contributed by atoms with E-state index < -0.39 is 15.4 Å². The molecule has 0 saturated heterocycles. The number of hydrogen-bond donors (Lipinski definition) is 0. The van der Waals surface area contributed by atoms with E-state index in [-0.39, 0.29) is 12.5 Å². The van der Waals surface area contributed by atoms with Gasteiger partial charge in [0.15, 0.2) is 5.76 Å². The van der Waals surface area contributed by atoms with Crippen LogP contribution in [0.25, 0.3) is 22.5 Å². The molecule has 0 aliphatic heterocycles. The third-order valence-electron chi connectivity index (χ3n) is 7.14. The van der Waals surface area contributed by atoms with Gasteiger partial charge in [-0.15, -0.1) is 0 Å². The topological polar surface area (TPSA) is 89.7 Å². The predicted molar refractivity (Wildman–Crippen MR) is 152 cm³/mol. The van der Waals surface area contributed by atoms with Crippen molar-refractivity contribution >= 4 is 33.3 Å². The smallest absolute Gasteiger partial charge is 0.316 e. The standard InChI is InChI=1S/C30H29ClN2O5S/c1-4-37-29(34)30(17-18-30)24-15-13-22(14-16-24)21-9-11-23(12-10-21)28-25(20(2)32-38-28)19-33(39(3,35)36)27-8-6-5-7-26(27)31/h5-16H,4,17-19H2,1-3H3. The first-order valence-electron chi connectivity index (χ1n) is 12.7. The normalized spacial score (nSPS) is 14.2. The van der Waals surface area contributed by atoms with Gasteiger partial charge in [0, 0.05) is 11.1 Å². The van der Waals surface area contributed by atoms with Crippen molar-refractivity contribution in [2.24, 2.45) is 0 Å². The second-order valence-electron chi connectivity index (χ2n) is 9.75. The summed E-state index contributed by atoms with van der Waals surface area (Å²) in [6.07, 6.45) is 2.77. The van der Waals surface area contributed by atoms with Crippen molar-refractivity contribution in [1.29, 1.82) is 0 Å². The summed E-state index contributed by atoms with van der Waals surface area (Å²) in [7, 11) is -3.64. The van der Waals surface area contributed by atoms with E-state index in [9.17, 15) is 13.2 Å². The Morgan fingerprint density at radius 3 is 2.15 bits per heavy atom. The van der Waals surface area contributed by atoms with Crippen molar-refractivity contribution in [3.05, 3.63) is 94.6 Å². The van der Waals surface area contributed by atoms with E-state index in [1.807, 2.05) is 55.5 Å². The van der Waals surface area contributed by atoms with E-state index in [2.05, 4.69) is 5.16 Å². The number of nitrogens with zero attached hydrogens (tertiary/aromatic N) is 2. The predicted octanol–water partition coefficient (Wildman–Crippen LogP) is 6.53. The molecule has 0 atom stereocenters. The molecule has 7 nitrogen and oxygen atoms in total. The monoisotopic (exact) mass is 564 g/mol. The first-order valence-corrected chi connectivity index (χ1v) is 14.9. The molecule has 0 spiro atoms. The van der Waals surface area contributed by atoms with Crippen LogP contribution in [-0.2, 0) is 31.5 Å². The zero-order valence-corrected chi connectivity index (χ0v) is 23.6. The van der Waals surface area contributed by atoms with Crippen LogP contribution in [0.5, 0.6) is 0 Å². The molecule has 9 heteroatoms. The summed E-state index contributed by atoms with van der Waals surface area (Å²) >= 11 is 6.34. The second kappa shape index (κ2) is 10.5. The molecule has 1 saturated carbocycles. The van der Waals surface area contributed by atoms with Crippen molar-refractivity contribution in [2.45, 2.75) is 38.6 Å². The van der Waals surface area contributed by atoms with Gasteiger partial charge in [0.2, 0.25) is 10.0 Å². The lowest BCUT2D eigenvalue weighted by atomic mass is 9.93. The number of rotatable bonds is 9. The van der Waals surface area contributed by atoms with Crippen LogP contribution in [0.15, 0.2) is 77.3 Å². The third kappa shape index (κ3) is 5.31. The number of anilines is 1. The maximum Gasteiger partial charge on any atom is 0.316 e. The molecule has 1 aliphatic rings. The van der Waals surface area contributed by atoms with Crippen molar-refractivity contribution in [3.8, 4) is 22.5 Å². The van der Waals surface area contributed by atoms with Crippen molar-refractivity contribution in [3.63, 3.8) is 0 Å². The fourth-order valence-electron chi connectivity index (χ4n) is 4.78. The van der Waals surface area contributed by atoms with Gasteiger partial charge in [-0.05, 0) is 55.5 Å². The number of aromatic nitrogens is 1. The van der Waals surface area contributed by atoms with Gasteiger partial charge >= 0.3 is 5.97 Å². The number of hydrogen-bond acceptors (Lipinski definition) is 6. The molecule has 202 valence electrons.